The second-order valence-electron chi connectivity index (χ2n) is 4.97. The minimum atomic E-state index is -0.720. The number of nitrogens with one attached hydrogen (secondary N) is 1. The van der Waals surface area contributed by atoms with Crippen molar-refractivity contribution in [2.24, 2.45) is 0 Å². The van der Waals surface area contributed by atoms with Crippen LogP contribution < -0.4 is 5.32 Å². The highest BCUT2D eigenvalue weighted by molar-refractivity contribution is 6.30. The number of likely N-dealkylation sites (N-methyl/N-ethyl adjacent to an activating group) is 1. The van der Waals surface area contributed by atoms with E-state index in [-0.39, 0.29) is 0 Å². The van der Waals surface area contributed by atoms with E-state index < -0.39 is 5.60 Å². The van der Waals surface area contributed by atoms with Crippen LogP contribution in [0.25, 0.3) is 0 Å². The Morgan fingerprint density at radius 2 is 2.12 bits per heavy atom. The molecule has 0 heterocycles. The Morgan fingerprint density at radius 3 is 2.71 bits per heavy atom. The van der Waals surface area contributed by atoms with E-state index in [1.54, 1.807) is 0 Å². The van der Waals surface area contributed by atoms with Crippen molar-refractivity contribution in [3.05, 3.63) is 34.9 Å². The standard InChI is InChI=1S/C13H21ClN2O/c1-13(17,10-16(2)3)9-15-8-11-5-4-6-12(14)7-11/h4-7,15,17H,8-10H2,1-3H3. The van der Waals surface area contributed by atoms with Crippen LogP contribution in [-0.4, -0.2) is 42.8 Å². The number of rotatable bonds is 6. The van der Waals surface area contributed by atoms with Gasteiger partial charge in [-0.15, -0.1) is 0 Å². The third kappa shape index (κ3) is 6.03. The van der Waals surface area contributed by atoms with E-state index in [4.69, 9.17) is 11.6 Å². The second kappa shape index (κ2) is 6.36. The molecule has 4 heteroatoms. The predicted octanol–water partition coefficient (Wildman–Crippen LogP) is 1.74. The Kier molecular flexibility index (Phi) is 5.40. The van der Waals surface area contributed by atoms with Crippen molar-refractivity contribution in [1.82, 2.24) is 10.2 Å². The van der Waals surface area contributed by atoms with E-state index >= 15 is 0 Å². The van der Waals surface area contributed by atoms with Crippen molar-refractivity contribution in [1.29, 1.82) is 0 Å². The molecule has 0 bridgehead atoms. The highest BCUT2D eigenvalue weighted by Crippen LogP contribution is 2.10. The van der Waals surface area contributed by atoms with Crippen molar-refractivity contribution in [2.75, 3.05) is 27.2 Å². The van der Waals surface area contributed by atoms with Crippen LogP contribution in [0.5, 0.6) is 0 Å². The molecule has 3 nitrogen and oxygen atoms in total. The van der Waals surface area contributed by atoms with Crippen LogP contribution in [0.15, 0.2) is 24.3 Å². The Balaban J connectivity index is 2.37. The molecular formula is C13H21ClN2O. The summed E-state index contributed by atoms with van der Waals surface area (Å²) in [6, 6.07) is 7.72. The van der Waals surface area contributed by atoms with Crippen LogP contribution in [0.2, 0.25) is 5.02 Å². The summed E-state index contributed by atoms with van der Waals surface area (Å²) in [4.78, 5) is 1.97. The summed E-state index contributed by atoms with van der Waals surface area (Å²) in [5.74, 6) is 0. The zero-order chi connectivity index (χ0) is 12.9. The third-order valence-corrected chi connectivity index (χ3v) is 2.62. The molecule has 2 N–H and O–H groups in total. The normalized spacial score (nSPS) is 14.9. The quantitative estimate of drug-likeness (QED) is 0.814. The van der Waals surface area contributed by atoms with Gasteiger partial charge in [-0.05, 0) is 38.7 Å². The molecule has 1 atom stereocenters. The average molecular weight is 257 g/mol. The first kappa shape index (κ1) is 14.5. The zero-order valence-electron chi connectivity index (χ0n) is 10.7. The summed E-state index contributed by atoms with van der Waals surface area (Å²) in [7, 11) is 3.90. The van der Waals surface area contributed by atoms with E-state index in [0.717, 1.165) is 10.6 Å². The van der Waals surface area contributed by atoms with Gasteiger partial charge in [0.2, 0.25) is 0 Å². The molecule has 1 aromatic carbocycles. The van der Waals surface area contributed by atoms with Gasteiger partial charge in [-0.25, -0.2) is 0 Å². The fourth-order valence-corrected chi connectivity index (χ4v) is 2.07. The van der Waals surface area contributed by atoms with Crippen molar-refractivity contribution in [3.8, 4) is 0 Å². The lowest BCUT2D eigenvalue weighted by Crippen LogP contribution is -2.45. The minimum absolute atomic E-state index is 0.553. The van der Waals surface area contributed by atoms with Crippen molar-refractivity contribution in [3.63, 3.8) is 0 Å². The lowest BCUT2D eigenvalue weighted by Gasteiger charge is -2.27. The maximum absolute atomic E-state index is 10.1. The van der Waals surface area contributed by atoms with Gasteiger partial charge in [-0.3, -0.25) is 0 Å². The number of hydrogen-bond acceptors (Lipinski definition) is 3. The minimum Gasteiger partial charge on any atom is -0.388 e. The van der Waals surface area contributed by atoms with E-state index in [0.29, 0.717) is 19.6 Å². The summed E-state index contributed by atoms with van der Waals surface area (Å²) >= 11 is 5.90. The molecular weight excluding hydrogens is 236 g/mol. The maximum Gasteiger partial charge on any atom is 0.0869 e. The molecule has 0 spiro atoms. The van der Waals surface area contributed by atoms with Gasteiger partial charge < -0.3 is 15.3 Å². The van der Waals surface area contributed by atoms with Crippen LogP contribution in [0.3, 0.4) is 0 Å². The molecule has 1 aromatic rings. The van der Waals surface area contributed by atoms with Crippen LogP contribution >= 0.6 is 11.6 Å². The predicted molar refractivity (Wildman–Crippen MR) is 72.3 cm³/mol. The third-order valence-electron chi connectivity index (χ3n) is 2.38. The van der Waals surface area contributed by atoms with Crippen molar-refractivity contribution in [2.45, 2.75) is 19.1 Å². The van der Waals surface area contributed by atoms with Crippen LogP contribution in [0.1, 0.15) is 12.5 Å². The van der Waals surface area contributed by atoms with Crippen LogP contribution in [-0.2, 0) is 6.54 Å². The molecule has 1 unspecified atom stereocenters. The molecule has 0 aliphatic heterocycles. The summed E-state index contributed by atoms with van der Waals surface area (Å²) in [6.07, 6.45) is 0. The first-order valence-corrected chi connectivity index (χ1v) is 6.09. The number of hydrogen-bond donors (Lipinski definition) is 2. The average Bonchev–Trinajstić information content (AvgIpc) is 2.15. The van der Waals surface area contributed by atoms with E-state index in [9.17, 15) is 5.11 Å². The van der Waals surface area contributed by atoms with E-state index in [1.165, 1.54) is 0 Å². The molecule has 0 saturated heterocycles. The fraction of sp³-hybridized carbons (Fsp3) is 0.538. The van der Waals surface area contributed by atoms with Gasteiger partial charge in [0.05, 0.1) is 5.60 Å². The van der Waals surface area contributed by atoms with Crippen molar-refractivity contribution >= 4 is 11.6 Å². The zero-order valence-corrected chi connectivity index (χ0v) is 11.5. The second-order valence-corrected chi connectivity index (χ2v) is 5.40. The SMILES string of the molecule is CN(C)CC(C)(O)CNCc1cccc(Cl)c1. The molecule has 96 valence electrons. The molecule has 0 aliphatic carbocycles. The van der Waals surface area contributed by atoms with Gasteiger partial charge in [0, 0.05) is 24.7 Å². The fourth-order valence-electron chi connectivity index (χ4n) is 1.86. The number of benzene rings is 1. The lowest BCUT2D eigenvalue weighted by molar-refractivity contribution is 0.0336. The molecule has 17 heavy (non-hydrogen) atoms. The highest BCUT2D eigenvalue weighted by Gasteiger charge is 2.20. The van der Waals surface area contributed by atoms with Gasteiger partial charge in [-0.1, -0.05) is 23.7 Å². The Hall–Kier alpha value is -0.610. The molecule has 1 rings (SSSR count). The number of nitrogens with zero attached hydrogens (tertiary/aromatic N) is 1. The van der Waals surface area contributed by atoms with Crippen molar-refractivity contribution < 1.29 is 5.11 Å². The Morgan fingerprint density at radius 1 is 1.41 bits per heavy atom. The number of halogens is 1. The van der Waals surface area contributed by atoms with E-state index in [1.807, 2.05) is 50.2 Å². The van der Waals surface area contributed by atoms with Gasteiger partial charge in [0.1, 0.15) is 0 Å². The Labute approximate surface area is 108 Å². The summed E-state index contributed by atoms with van der Waals surface area (Å²) < 4.78 is 0. The lowest BCUT2D eigenvalue weighted by atomic mass is 10.1. The molecule has 0 saturated carbocycles. The monoisotopic (exact) mass is 256 g/mol. The summed E-state index contributed by atoms with van der Waals surface area (Å²) in [5, 5.41) is 14.1. The maximum atomic E-state index is 10.1. The van der Waals surface area contributed by atoms with Gasteiger partial charge in [0.25, 0.3) is 0 Å². The highest BCUT2D eigenvalue weighted by atomic mass is 35.5. The van der Waals surface area contributed by atoms with Gasteiger partial charge >= 0.3 is 0 Å². The molecule has 0 fully saturated rings. The number of aliphatic hydroxyl groups is 1. The largest absolute Gasteiger partial charge is 0.388 e. The molecule has 0 amide bonds. The first-order chi connectivity index (χ1) is 7.89. The van der Waals surface area contributed by atoms with Gasteiger partial charge in [0.15, 0.2) is 0 Å². The molecule has 0 aliphatic rings. The topological polar surface area (TPSA) is 35.5 Å². The summed E-state index contributed by atoms with van der Waals surface area (Å²) in [6.45, 7) is 3.73. The first-order valence-electron chi connectivity index (χ1n) is 5.71. The van der Waals surface area contributed by atoms with Crippen LogP contribution in [0, 0.1) is 0 Å². The summed E-state index contributed by atoms with van der Waals surface area (Å²) in [5.41, 5.74) is 0.403. The Bertz CT molecular complexity index is 353. The van der Waals surface area contributed by atoms with Gasteiger partial charge in [-0.2, -0.15) is 0 Å². The molecule has 0 radical (unpaired) electrons. The smallest absolute Gasteiger partial charge is 0.0869 e. The van der Waals surface area contributed by atoms with Crippen LogP contribution in [0.4, 0.5) is 0 Å². The molecule has 0 aromatic heterocycles. The van der Waals surface area contributed by atoms with E-state index in [2.05, 4.69) is 5.32 Å².